The minimum atomic E-state index is 0.718. The first-order valence-electron chi connectivity index (χ1n) is 5.33. The Balaban J connectivity index is 2.52. The van der Waals surface area contributed by atoms with Crippen LogP contribution in [0.15, 0.2) is 36.9 Å². The van der Waals surface area contributed by atoms with Crippen LogP contribution in [0.1, 0.15) is 11.1 Å². The van der Waals surface area contributed by atoms with Gasteiger partial charge in [-0.05, 0) is 31.1 Å². The summed E-state index contributed by atoms with van der Waals surface area (Å²) in [7, 11) is 2.09. The minimum absolute atomic E-state index is 0.718. The highest BCUT2D eigenvalue weighted by molar-refractivity contribution is 5.22. The molecule has 0 saturated heterocycles. The van der Waals surface area contributed by atoms with Gasteiger partial charge in [0.2, 0.25) is 0 Å². The van der Waals surface area contributed by atoms with Crippen molar-refractivity contribution < 1.29 is 0 Å². The Hall–Kier alpha value is -1.12. The molecule has 2 heteroatoms. The Morgan fingerprint density at radius 3 is 2.40 bits per heavy atom. The smallest absolute Gasteiger partial charge is 0.0233 e. The topological polar surface area (TPSA) is 29.3 Å². The van der Waals surface area contributed by atoms with Gasteiger partial charge in [-0.2, -0.15) is 0 Å². The van der Waals surface area contributed by atoms with Crippen molar-refractivity contribution in [2.24, 2.45) is 5.73 Å². The van der Waals surface area contributed by atoms with E-state index in [4.69, 9.17) is 5.73 Å². The first-order chi connectivity index (χ1) is 7.26. The van der Waals surface area contributed by atoms with Gasteiger partial charge >= 0.3 is 0 Å². The summed E-state index contributed by atoms with van der Waals surface area (Å²) in [6.45, 7) is 6.33. The van der Waals surface area contributed by atoms with Gasteiger partial charge in [-0.15, -0.1) is 6.58 Å². The molecule has 1 aromatic rings. The highest BCUT2D eigenvalue weighted by Gasteiger charge is 1.98. The Bertz CT molecular complexity index is 290. The SMILES string of the molecule is C=CCN(C)Cc1ccc(CCN)cc1. The molecule has 0 atom stereocenters. The second-order valence-electron chi connectivity index (χ2n) is 3.84. The average molecular weight is 204 g/mol. The van der Waals surface area contributed by atoms with E-state index in [-0.39, 0.29) is 0 Å². The van der Waals surface area contributed by atoms with Crippen molar-refractivity contribution in [1.82, 2.24) is 4.90 Å². The predicted octanol–water partition coefficient (Wildman–Crippen LogP) is 1.81. The summed E-state index contributed by atoms with van der Waals surface area (Å²) in [6, 6.07) is 8.66. The Morgan fingerprint density at radius 2 is 1.87 bits per heavy atom. The van der Waals surface area contributed by atoms with Gasteiger partial charge in [0, 0.05) is 13.1 Å². The molecule has 0 saturated carbocycles. The van der Waals surface area contributed by atoms with Gasteiger partial charge in [-0.25, -0.2) is 0 Å². The Kier molecular flexibility index (Phi) is 5.08. The lowest BCUT2D eigenvalue weighted by Crippen LogP contribution is -2.17. The zero-order valence-corrected chi connectivity index (χ0v) is 9.45. The van der Waals surface area contributed by atoms with Crippen LogP contribution in [0.2, 0.25) is 0 Å². The molecule has 0 aliphatic heterocycles. The summed E-state index contributed by atoms with van der Waals surface area (Å²) in [5, 5.41) is 0. The van der Waals surface area contributed by atoms with E-state index in [9.17, 15) is 0 Å². The fraction of sp³-hybridized carbons (Fsp3) is 0.385. The van der Waals surface area contributed by atoms with Gasteiger partial charge in [0.05, 0.1) is 0 Å². The molecule has 1 aromatic carbocycles. The molecule has 82 valence electrons. The van der Waals surface area contributed by atoms with E-state index in [2.05, 4.69) is 42.8 Å². The fourth-order valence-electron chi connectivity index (χ4n) is 1.57. The molecular weight excluding hydrogens is 184 g/mol. The summed E-state index contributed by atoms with van der Waals surface area (Å²) in [5.74, 6) is 0. The number of nitrogens with two attached hydrogens (primary N) is 1. The number of hydrogen-bond donors (Lipinski definition) is 1. The van der Waals surface area contributed by atoms with Crippen LogP contribution in [0.4, 0.5) is 0 Å². The van der Waals surface area contributed by atoms with E-state index in [1.54, 1.807) is 0 Å². The molecule has 0 aliphatic rings. The second kappa shape index (κ2) is 6.38. The molecule has 2 nitrogen and oxygen atoms in total. The molecule has 0 aromatic heterocycles. The maximum Gasteiger partial charge on any atom is 0.0233 e. The summed E-state index contributed by atoms with van der Waals surface area (Å²) in [4.78, 5) is 2.23. The molecule has 2 N–H and O–H groups in total. The van der Waals surface area contributed by atoms with Crippen LogP contribution in [0.3, 0.4) is 0 Å². The van der Waals surface area contributed by atoms with Crippen molar-refractivity contribution in [2.75, 3.05) is 20.1 Å². The van der Waals surface area contributed by atoms with Gasteiger partial charge in [-0.1, -0.05) is 30.3 Å². The Labute approximate surface area is 92.4 Å². The molecule has 0 bridgehead atoms. The van der Waals surface area contributed by atoms with Crippen LogP contribution < -0.4 is 5.73 Å². The zero-order chi connectivity index (χ0) is 11.1. The maximum absolute atomic E-state index is 5.50. The van der Waals surface area contributed by atoms with Crippen molar-refractivity contribution in [1.29, 1.82) is 0 Å². The summed E-state index contributed by atoms with van der Waals surface area (Å²) < 4.78 is 0. The molecule has 1 rings (SSSR count). The molecule has 0 spiro atoms. The highest BCUT2D eigenvalue weighted by atomic mass is 15.1. The van der Waals surface area contributed by atoms with Gasteiger partial charge in [-0.3, -0.25) is 4.90 Å². The summed E-state index contributed by atoms with van der Waals surface area (Å²) in [6.07, 6.45) is 2.88. The van der Waals surface area contributed by atoms with Crippen molar-refractivity contribution in [3.8, 4) is 0 Å². The lowest BCUT2D eigenvalue weighted by molar-refractivity contribution is 0.363. The number of rotatable bonds is 6. The second-order valence-corrected chi connectivity index (χ2v) is 3.84. The fourth-order valence-corrected chi connectivity index (χ4v) is 1.57. The van der Waals surface area contributed by atoms with Crippen LogP contribution >= 0.6 is 0 Å². The van der Waals surface area contributed by atoms with Crippen LogP contribution in [0.25, 0.3) is 0 Å². The van der Waals surface area contributed by atoms with Crippen molar-refractivity contribution in [3.63, 3.8) is 0 Å². The number of hydrogen-bond acceptors (Lipinski definition) is 2. The van der Waals surface area contributed by atoms with E-state index in [1.165, 1.54) is 11.1 Å². The number of likely N-dealkylation sites (N-methyl/N-ethyl adjacent to an activating group) is 1. The van der Waals surface area contributed by atoms with E-state index in [0.29, 0.717) is 0 Å². The average Bonchev–Trinajstić information content (AvgIpc) is 2.22. The van der Waals surface area contributed by atoms with E-state index in [1.807, 2.05) is 6.08 Å². The van der Waals surface area contributed by atoms with Crippen LogP contribution in [0.5, 0.6) is 0 Å². The number of nitrogens with zero attached hydrogens (tertiary/aromatic N) is 1. The highest BCUT2D eigenvalue weighted by Crippen LogP contribution is 2.06. The molecule has 0 aliphatic carbocycles. The lowest BCUT2D eigenvalue weighted by atomic mass is 10.1. The molecule has 0 amide bonds. The van der Waals surface area contributed by atoms with E-state index < -0.39 is 0 Å². The Morgan fingerprint density at radius 1 is 1.27 bits per heavy atom. The van der Waals surface area contributed by atoms with Crippen LogP contribution in [-0.2, 0) is 13.0 Å². The van der Waals surface area contributed by atoms with Crippen molar-refractivity contribution >= 4 is 0 Å². The predicted molar refractivity (Wildman–Crippen MR) is 65.7 cm³/mol. The lowest BCUT2D eigenvalue weighted by Gasteiger charge is -2.14. The van der Waals surface area contributed by atoms with Gasteiger partial charge in [0.1, 0.15) is 0 Å². The molecular formula is C13H20N2. The van der Waals surface area contributed by atoms with Gasteiger partial charge in [0.25, 0.3) is 0 Å². The third-order valence-electron chi connectivity index (χ3n) is 2.35. The van der Waals surface area contributed by atoms with E-state index in [0.717, 1.165) is 26.1 Å². The summed E-state index contributed by atoms with van der Waals surface area (Å²) >= 11 is 0. The quantitative estimate of drug-likeness (QED) is 0.716. The minimum Gasteiger partial charge on any atom is -0.330 e. The summed E-state index contributed by atoms with van der Waals surface area (Å²) in [5.41, 5.74) is 8.15. The monoisotopic (exact) mass is 204 g/mol. The zero-order valence-electron chi connectivity index (χ0n) is 9.45. The van der Waals surface area contributed by atoms with Crippen LogP contribution in [-0.4, -0.2) is 25.0 Å². The standard InChI is InChI=1S/C13H20N2/c1-3-10-15(2)11-13-6-4-12(5-7-13)8-9-14/h3-7H,1,8-11,14H2,2H3. The molecule has 0 unspecified atom stereocenters. The first-order valence-corrected chi connectivity index (χ1v) is 5.33. The maximum atomic E-state index is 5.50. The van der Waals surface area contributed by atoms with Crippen molar-refractivity contribution in [3.05, 3.63) is 48.0 Å². The molecule has 0 fully saturated rings. The molecule has 15 heavy (non-hydrogen) atoms. The normalized spacial score (nSPS) is 10.6. The van der Waals surface area contributed by atoms with Crippen molar-refractivity contribution in [2.45, 2.75) is 13.0 Å². The third-order valence-corrected chi connectivity index (χ3v) is 2.35. The molecule has 0 radical (unpaired) electrons. The van der Waals surface area contributed by atoms with Gasteiger partial charge < -0.3 is 5.73 Å². The largest absolute Gasteiger partial charge is 0.330 e. The van der Waals surface area contributed by atoms with Crippen LogP contribution in [0, 0.1) is 0 Å². The molecule has 0 heterocycles. The third kappa shape index (κ3) is 4.28. The number of benzene rings is 1. The van der Waals surface area contributed by atoms with E-state index >= 15 is 0 Å². The first kappa shape index (κ1) is 12.0. The van der Waals surface area contributed by atoms with Gasteiger partial charge in [0.15, 0.2) is 0 Å².